The molecule has 2 unspecified atom stereocenters. The maximum absolute atomic E-state index is 12.0. The van der Waals surface area contributed by atoms with Crippen LogP contribution in [0.3, 0.4) is 0 Å². The van der Waals surface area contributed by atoms with Gasteiger partial charge in [0.05, 0.1) is 0 Å². The summed E-state index contributed by atoms with van der Waals surface area (Å²) in [6, 6.07) is 10.5. The molecule has 0 heterocycles. The number of carbonyl (C=O) groups is 1. The summed E-state index contributed by atoms with van der Waals surface area (Å²) in [6.45, 7) is 2.23. The number of benzene rings is 1. The van der Waals surface area contributed by atoms with Crippen molar-refractivity contribution in [3.63, 3.8) is 0 Å². The van der Waals surface area contributed by atoms with Gasteiger partial charge in [0.25, 0.3) is 0 Å². The third-order valence-electron chi connectivity index (χ3n) is 4.01. The molecule has 0 aromatic heterocycles. The molecule has 1 fully saturated rings. The molecule has 0 N–H and O–H groups in total. The van der Waals surface area contributed by atoms with Gasteiger partial charge in [-0.1, -0.05) is 43.7 Å². The van der Waals surface area contributed by atoms with Crippen LogP contribution in [0.25, 0.3) is 0 Å². The zero-order chi connectivity index (χ0) is 12.1. The maximum Gasteiger partial charge on any atom is 0.136 e. The summed E-state index contributed by atoms with van der Waals surface area (Å²) in [6.07, 6.45) is 6.43. The van der Waals surface area contributed by atoms with Gasteiger partial charge < -0.3 is 0 Å². The number of hydrogen-bond donors (Lipinski definition) is 0. The second-order valence-corrected chi connectivity index (χ2v) is 5.32. The Kier molecular flexibility index (Phi) is 4.36. The predicted octanol–water partition coefficient (Wildman–Crippen LogP) is 4.01. The summed E-state index contributed by atoms with van der Waals surface area (Å²) in [5.41, 5.74) is 1.35. The molecular weight excluding hydrogens is 208 g/mol. The zero-order valence-corrected chi connectivity index (χ0v) is 10.7. The quantitative estimate of drug-likeness (QED) is 0.746. The van der Waals surface area contributed by atoms with Crippen molar-refractivity contribution < 1.29 is 4.79 Å². The molecule has 0 saturated heterocycles. The Bertz CT molecular complexity index is 355. The molecule has 92 valence electrons. The number of ketones is 1. The maximum atomic E-state index is 12.0. The second kappa shape index (κ2) is 6.00. The van der Waals surface area contributed by atoms with E-state index in [2.05, 4.69) is 31.2 Å². The summed E-state index contributed by atoms with van der Waals surface area (Å²) in [4.78, 5) is 12.0. The monoisotopic (exact) mass is 230 g/mol. The number of carbonyl (C=O) groups excluding carboxylic acids is 1. The lowest BCUT2D eigenvalue weighted by atomic mass is 9.90. The normalized spacial score (nSPS) is 23.8. The molecule has 1 saturated carbocycles. The van der Waals surface area contributed by atoms with E-state index in [9.17, 15) is 4.79 Å². The van der Waals surface area contributed by atoms with Gasteiger partial charge in [0, 0.05) is 12.3 Å². The van der Waals surface area contributed by atoms with Crippen LogP contribution in [0.5, 0.6) is 0 Å². The van der Waals surface area contributed by atoms with Crippen LogP contribution in [0.2, 0.25) is 0 Å². The van der Waals surface area contributed by atoms with Crippen molar-refractivity contribution in [3.05, 3.63) is 35.9 Å². The number of rotatable bonds is 5. The lowest BCUT2D eigenvalue weighted by molar-refractivity contribution is -0.123. The fraction of sp³-hybridized carbons (Fsp3) is 0.562. The van der Waals surface area contributed by atoms with Crippen molar-refractivity contribution in [1.29, 1.82) is 0 Å². The fourth-order valence-electron chi connectivity index (χ4n) is 2.92. The number of Topliss-reactive ketones (excluding diaryl/α,β-unsaturated/α-hetero) is 1. The molecule has 0 bridgehead atoms. The van der Waals surface area contributed by atoms with Crippen LogP contribution in [0, 0.1) is 11.8 Å². The van der Waals surface area contributed by atoms with Crippen LogP contribution in [0.15, 0.2) is 30.3 Å². The first-order valence-electron chi connectivity index (χ1n) is 6.84. The smallest absolute Gasteiger partial charge is 0.136 e. The minimum absolute atomic E-state index is 0.366. The van der Waals surface area contributed by atoms with Crippen LogP contribution in [-0.2, 0) is 11.2 Å². The van der Waals surface area contributed by atoms with Gasteiger partial charge in [0.15, 0.2) is 0 Å². The number of hydrogen-bond acceptors (Lipinski definition) is 1. The lowest BCUT2D eigenvalue weighted by Gasteiger charge is -2.13. The van der Waals surface area contributed by atoms with Crippen molar-refractivity contribution in [2.24, 2.45) is 11.8 Å². The van der Waals surface area contributed by atoms with E-state index in [0.717, 1.165) is 25.7 Å². The molecule has 2 atom stereocenters. The zero-order valence-electron chi connectivity index (χ0n) is 10.7. The Morgan fingerprint density at radius 3 is 2.65 bits per heavy atom. The fourth-order valence-corrected chi connectivity index (χ4v) is 2.92. The molecule has 0 spiro atoms. The topological polar surface area (TPSA) is 17.1 Å². The van der Waals surface area contributed by atoms with E-state index >= 15 is 0 Å². The van der Waals surface area contributed by atoms with Gasteiger partial charge in [-0.2, -0.15) is 0 Å². The second-order valence-electron chi connectivity index (χ2n) is 5.32. The SMILES string of the molecule is CC1CCCC1C(=O)CCCc1ccccc1. The van der Waals surface area contributed by atoms with E-state index in [1.165, 1.54) is 18.4 Å². The first-order chi connectivity index (χ1) is 8.27. The molecule has 1 nitrogen and oxygen atoms in total. The molecule has 1 aliphatic carbocycles. The van der Waals surface area contributed by atoms with Crippen LogP contribution in [0.1, 0.15) is 44.6 Å². The third-order valence-corrected chi connectivity index (χ3v) is 4.01. The summed E-state index contributed by atoms with van der Waals surface area (Å²) >= 11 is 0. The van der Waals surface area contributed by atoms with E-state index < -0.39 is 0 Å². The summed E-state index contributed by atoms with van der Waals surface area (Å²) in [5.74, 6) is 1.50. The van der Waals surface area contributed by atoms with Crippen molar-refractivity contribution >= 4 is 5.78 Å². The molecule has 1 aromatic rings. The molecular formula is C16H22O. The molecule has 0 aliphatic heterocycles. The summed E-state index contributed by atoms with van der Waals surface area (Å²) < 4.78 is 0. The van der Waals surface area contributed by atoms with Crippen LogP contribution in [-0.4, -0.2) is 5.78 Å². The van der Waals surface area contributed by atoms with Crippen molar-refractivity contribution in [1.82, 2.24) is 0 Å². The average molecular weight is 230 g/mol. The van der Waals surface area contributed by atoms with Gasteiger partial charge in [-0.3, -0.25) is 4.79 Å². The Morgan fingerprint density at radius 2 is 2.00 bits per heavy atom. The molecule has 17 heavy (non-hydrogen) atoms. The third kappa shape index (κ3) is 3.42. The van der Waals surface area contributed by atoms with Gasteiger partial charge in [-0.15, -0.1) is 0 Å². The largest absolute Gasteiger partial charge is 0.299 e. The van der Waals surface area contributed by atoms with E-state index in [4.69, 9.17) is 0 Å². The van der Waals surface area contributed by atoms with E-state index in [-0.39, 0.29) is 0 Å². The highest BCUT2D eigenvalue weighted by Crippen LogP contribution is 2.32. The highest BCUT2D eigenvalue weighted by atomic mass is 16.1. The molecule has 1 heteroatoms. The van der Waals surface area contributed by atoms with Crippen LogP contribution >= 0.6 is 0 Å². The average Bonchev–Trinajstić information content (AvgIpc) is 2.77. The standard InChI is InChI=1S/C16H22O/c1-13-7-5-11-15(13)16(17)12-6-10-14-8-3-2-4-9-14/h2-4,8-9,13,15H,5-7,10-12H2,1H3. The highest BCUT2D eigenvalue weighted by molar-refractivity contribution is 5.81. The highest BCUT2D eigenvalue weighted by Gasteiger charge is 2.28. The minimum atomic E-state index is 0.366. The molecule has 0 amide bonds. The van der Waals surface area contributed by atoms with Gasteiger partial charge in [0.2, 0.25) is 0 Å². The van der Waals surface area contributed by atoms with Gasteiger partial charge in [-0.25, -0.2) is 0 Å². The van der Waals surface area contributed by atoms with E-state index in [1.807, 2.05) is 6.07 Å². The summed E-state index contributed by atoms with van der Waals surface area (Å²) in [7, 11) is 0. The number of aryl methyl sites for hydroxylation is 1. The Hall–Kier alpha value is -1.11. The minimum Gasteiger partial charge on any atom is -0.299 e. The summed E-state index contributed by atoms with van der Waals surface area (Å²) in [5, 5.41) is 0. The van der Waals surface area contributed by atoms with Crippen LogP contribution < -0.4 is 0 Å². The Labute approximate surface area is 104 Å². The van der Waals surface area contributed by atoms with Crippen molar-refractivity contribution in [3.8, 4) is 0 Å². The molecule has 2 rings (SSSR count). The van der Waals surface area contributed by atoms with Gasteiger partial charge >= 0.3 is 0 Å². The van der Waals surface area contributed by atoms with E-state index in [0.29, 0.717) is 17.6 Å². The molecule has 1 aromatic carbocycles. The Morgan fingerprint density at radius 1 is 1.24 bits per heavy atom. The first-order valence-corrected chi connectivity index (χ1v) is 6.84. The van der Waals surface area contributed by atoms with E-state index in [1.54, 1.807) is 0 Å². The van der Waals surface area contributed by atoms with Gasteiger partial charge in [0.1, 0.15) is 5.78 Å². The predicted molar refractivity (Wildman–Crippen MR) is 70.9 cm³/mol. The van der Waals surface area contributed by atoms with Crippen molar-refractivity contribution in [2.75, 3.05) is 0 Å². The van der Waals surface area contributed by atoms with Crippen molar-refractivity contribution in [2.45, 2.75) is 45.4 Å². The first kappa shape index (κ1) is 12.3. The van der Waals surface area contributed by atoms with Crippen LogP contribution in [0.4, 0.5) is 0 Å². The molecule has 1 aliphatic rings. The Balaban J connectivity index is 1.73. The molecule has 0 radical (unpaired) electrons. The lowest BCUT2D eigenvalue weighted by Crippen LogP contribution is -2.16. The van der Waals surface area contributed by atoms with Gasteiger partial charge in [-0.05, 0) is 37.2 Å².